The summed E-state index contributed by atoms with van der Waals surface area (Å²) in [6.07, 6.45) is 0.390. The molecule has 1 heterocycles. The number of aromatic nitrogens is 1. The molecule has 2 rings (SSSR count). The Hall–Kier alpha value is -2.87. The number of rotatable bonds is 6. The Kier molecular flexibility index (Phi) is 4.13. The van der Waals surface area contributed by atoms with E-state index in [1.165, 1.54) is 0 Å². The van der Waals surface area contributed by atoms with Crippen molar-refractivity contribution in [1.29, 1.82) is 0 Å². The van der Waals surface area contributed by atoms with Crippen LogP contribution < -0.4 is 0 Å². The number of nitrogens with one attached hydrogen (secondary N) is 1. The van der Waals surface area contributed by atoms with Gasteiger partial charge < -0.3 is 25.5 Å². The number of nitrogens with zero attached hydrogens (tertiary/aromatic N) is 1. The first-order chi connectivity index (χ1) is 10.4. The lowest BCUT2D eigenvalue weighted by Gasteiger charge is -2.22. The first-order valence-corrected chi connectivity index (χ1v) is 6.32. The van der Waals surface area contributed by atoms with Gasteiger partial charge in [0.1, 0.15) is 0 Å². The number of oxime groups is 1. The molecule has 0 aliphatic rings. The summed E-state index contributed by atoms with van der Waals surface area (Å²) in [5.74, 6) is -3.19. The number of carboxylic acids is 2. The normalized spacial score (nSPS) is 14.7. The van der Waals surface area contributed by atoms with E-state index in [0.29, 0.717) is 5.56 Å². The summed E-state index contributed by atoms with van der Waals surface area (Å²) in [7, 11) is 0. The lowest BCUT2D eigenvalue weighted by Crippen LogP contribution is -2.44. The third-order valence-corrected chi connectivity index (χ3v) is 3.38. The van der Waals surface area contributed by atoms with Crippen LogP contribution in [0.5, 0.6) is 0 Å². The van der Waals surface area contributed by atoms with Gasteiger partial charge in [-0.15, -0.1) is 0 Å². The van der Waals surface area contributed by atoms with Gasteiger partial charge in [0.15, 0.2) is 11.3 Å². The predicted molar refractivity (Wildman–Crippen MR) is 76.1 cm³/mol. The molecule has 1 aromatic carbocycles. The minimum absolute atomic E-state index is 0.335. The van der Waals surface area contributed by atoms with E-state index in [-0.39, 0.29) is 6.42 Å². The molecule has 0 bridgehead atoms. The highest BCUT2D eigenvalue weighted by Gasteiger charge is 2.40. The molecule has 0 aliphatic carbocycles. The number of aliphatic carboxylic acids is 2. The van der Waals surface area contributed by atoms with Crippen molar-refractivity contribution >= 4 is 28.6 Å². The molecule has 0 saturated carbocycles. The van der Waals surface area contributed by atoms with Gasteiger partial charge in [-0.1, -0.05) is 23.4 Å². The van der Waals surface area contributed by atoms with Crippen molar-refractivity contribution in [2.45, 2.75) is 18.4 Å². The molecule has 0 unspecified atom stereocenters. The average Bonchev–Trinajstić information content (AvgIpc) is 2.87. The molecule has 22 heavy (non-hydrogen) atoms. The number of aliphatic hydroxyl groups is 1. The van der Waals surface area contributed by atoms with Crippen LogP contribution in [-0.4, -0.2) is 48.8 Å². The Labute approximate surface area is 124 Å². The van der Waals surface area contributed by atoms with Crippen molar-refractivity contribution in [2.75, 3.05) is 0 Å². The Bertz CT molecular complexity index is 751. The van der Waals surface area contributed by atoms with Gasteiger partial charge in [-0.2, -0.15) is 0 Å². The van der Waals surface area contributed by atoms with Crippen LogP contribution in [0.15, 0.2) is 35.6 Å². The Morgan fingerprint density at radius 3 is 2.50 bits per heavy atom. The standard InChI is InChI=1S/C14H14N2O6/c17-12(18)11(16-22)6-14(21,13(19)20)5-8-7-15-10-4-2-1-3-9(8)10/h1-4,7,15,21-22H,5-6H2,(H,17,18)(H,19,20)/b16-11-/t14-/m1/s1. The van der Waals surface area contributed by atoms with E-state index in [0.717, 1.165) is 10.9 Å². The number of hydrogen-bond acceptors (Lipinski definition) is 5. The number of aromatic amines is 1. The van der Waals surface area contributed by atoms with Crippen molar-refractivity contribution in [1.82, 2.24) is 4.98 Å². The molecule has 0 amide bonds. The third-order valence-electron chi connectivity index (χ3n) is 3.38. The minimum Gasteiger partial charge on any atom is -0.479 e. The van der Waals surface area contributed by atoms with E-state index in [4.69, 9.17) is 10.3 Å². The summed E-state index contributed by atoms with van der Waals surface area (Å²) in [4.78, 5) is 25.2. The van der Waals surface area contributed by atoms with Crippen LogP contribution in [0.1, 0.15) is 12.0 Å². The second kappa shape index (κ2) is 5.86. The largest absolute Gasteiger partial charge is 0.479 e. The van der Waals surface area contributed by atoms with Gasteiger partial charge in [-0.3, -0.25) is 0 Å². The summed E-state index contributed by atoms with van der Waals surface area (Å²) in [6, 6.07) is 7.10. The van der Waals surface area contributed by atoms with Gasteiger partial charge in [0.05, 0.1) is 0 Å². The first kappa shape index (κ1) is 15.5. The van der Waals surface area contributed by atoms with Crippen LogP contribution in [-0.2, 0) is 16.0 Å². The molecule has 8 heteroatoms. The highest BCUT2D eigenvalue weighted by Crippen LogP contribution is 2.25. The second-order valence-electron chi connectivity index (χ2n) is 4.90. The molecule has 0 aliphatic heterocycles. The van der Waals surface area contributed by atoms with Crippen LogP contribution >= 0.6 is 0 Å². The van der Waals surface area contributed by atoms with E-state index in [2.05, 4.69) is 10.1 Å². The maximum absolute atomic E-state index is 11.4. The number of fused-ring (bicyclic) bond motifs is 1. The van der Waals surface area contributed by atoms with E-state index < -0.39 is 29.7 Å². The molecule has 0 radical (unpaired) electrons. The van der Waals surface area contributed by atoms with Crippen molar-refractivity contribution in [2.24, 2.45) is 5.16 Å². The number of para-hydroxylation sites is 1. The average molecular weight is 306 g/mol. The number of carboxylic acid groups (broad SMARTS) is 2. The van der Waals surface area contributed by atoms with Gasteiger partial charge in [0, 0.05) is 29.9 Å². The molecule has 1 atom stereocenters. The minimum atomic E-state index is -2.40. The van der Waals surface area contributed by atoms with Crippen molar-refractivity contribution in [3.8, 4) is 0 Å². The van der Waals surface area contributed by atoms with Gasteiger partial charge >= 0.3 is 11.9 Å². The summed E-state index contributed by atoms with van der Waals surface area (Å²) in [5, 5.41) is 40.2. The van der Waals surface area contributed by atoms with Gasteiger partial charge in [0.25, 0.3) is 0 Å². The summed E-state index contributed by atoms with van der Waals surface area (Å²) >= 11 is 0. The van der Waals surface area contributed by atoms with Gasteiger partial charge in [-0.05, 0) is 11.6 Å². The maximum Gasteiger partial charge on any atom is 0.353 e. The number of carbonyl (C=O) groups is 2. The molecular weight excluding hydrogens is 292 g/mol. The summed E-state index contributed by atoms with van der Waals surface area (Å²) in [6.45, 7) is 0. The molecule has 1 aromatic heterocycles. The van der Waals surface area contributed by atoms with Crippen LogP contribution in [0.3, 0.4) is 0 Å². The molecule has 8 nitrogen and oxygen atoms in total. The smallest absolute Gasteiger partial charge is 0.353 e. The molecular formula is C14H14N2O6. The molecule has 0 fully saturated rings. The SMILES string of the molecule is O=C(O)/C(C[C@](O)(Cc1c[nH]c2ccccc12)C(=O)O)=N\O. The zero-order chi connectivity index (χ0) is 16.3. The van der Waals surface area contributed by atoms with Crippen LogP contribution in [0.4, 0.5) is 0 Å². The molecule has 2 aromatic rings. The topological polar surface area (TPSA) is 143 Å². The molecule has 5 N–H and O–H groups in total. The van der Waals surface area contributed by atoms with E-state index in [9.17, 15) is 19.8 Å². The third kappa shape index (κ3) is 2.91. The predicted octanol–water partition coefficient (Wildman–Crippen LogP) is 0.831. The Morgan fingerprint density at radius 2 is 1.91 bits per heavy atom. The number of benzene rings is 1. The number of H-pyrrole nitrogens is 1. The highest BCUT2D eigenvalue weighted by atomic mass is 16.4. The summed E-state index contributed by atoms with van der Waals surface area (Å²) < 4.78 is 0. The fraction of sp³-hybridized carbons (Fsp3) is 0.214. The zero-order valence-electron chi connectivity index (χ0n) is 11.4. The van der Waals surface area contributed by atoms with Gasteiger partial charge in [0.2, 0.25) is 0 Å². The first-order valence-electron chi connectivity index (χ1n) is 6.32. The lowest BCUT2D eigenvalue weighted by atomic mass is 9.89. The fourth-order valence-electron chi connectivity index (χ4n) is 2.24. The summed E-state index contributed by atoms with van der Waals surface area (Å²) in [5.41, 5.74) is -1.95. The van der Waals surface area contributed by atoms with Crippen molar-refractivity contribution < 1.29 is 30.1 Å². The lowest BCUT2D eigenvalue weighted by molar-refractivity contribution is -0.157. The molecule has 0 saturated heterocycles. The van der Waals surface area contributed by atoms with Crippen molar-refractivity contribution in [3.63, 3.8) is 0 Å². The number of hydrogen-bond donors (Lipinski definition) is 5. The van der Waals surface area contributed by atoms with Gasteiger partial charge in [-0.25, -0.2) is 9.59 Å². The second-order valence-corrected chi connectivity index (χ2v) is 4.90. The molecule has 116 valence electrons. The Balaban J connectivity index is 2.36. The van der Waals surface area contributed by atoms with Crippen LogP contribution in [0, 0.1) is 0 Å². The highest BCUT2D eigenvalue weighted by molar-refractivity contribution is 6.36. The van der Waals surface area contributed by atoms with Crippen LogP contribution in [0.2, 0.25) is 0 Å². The van der Waals surface area contributed by atoms with E-state index >= 15 is 0 Å². The van der Waals surface area contributed by atoms with Crippen LogP contribution in [0.25, 0.3) is 10.9 Å². The zero-order valence-corrected chi connectivity index (χ0v) is 11.4. The van der Waals surface area contributed by atoms with E-state index in [1.807, 2.05) is 0 Å². The fourth-order valence-corrected chi connectivity index (χ4v) is 2.24. The quantitative estimate of drug-likeness (QED) is 0.304. The monoisotopic (exact) mass is 306 g/mol. The van der Waals surface area contributed by atoms with Crippen molar-refractivity contribution in [3.05, 3.63) is 36.0 Å². The maximum atomic E-state index is 11.4. The van der Waals surface area contributed by atoms with E-state index in [1.54, 1.807) is 30.5 Å². The Morgan fingerprint density at radius 1 is 1.23 bits per heavy atom. The molecule has 0 spiro atoms.